The van der Waals surface area contributed by atoms with Crippen molar-refractivity contribution in [3.63, 3.8) is 0 Å². The second-order valence-electron chi connectivity index (χ2n) is 2.19. The summed E-state index contributed by atoms with van der Waals surface area (Å²) in [5.41, 5.74) is 0. The Balaban J connectivity index is 0. The summed E-state index contributed by atoms with van der Waals surface area (Å²) in [4.78, 5) is 10.6. The minimum Gasteiger partial charge on any atom is -0.547 e. The van der Waals surface area contributed by atoms with E-state index in [-0.39, 0.29) is 68.8 Å². The Labute approximate surface area is 116 Å². The van der Waals surface area contributed by atoms with Gasteiger partial charge < -0.3 is 16.8 Å². The van der Waals surface area contributed by atoms with E-state index in [1.807, 2.05) is 0 Å². The van der Waals surface area contributed by atoms with Gasteiger partial charge in [0.05, 0.1) is 5.78 Å². The maximum absolute atomic E-state index is 10.6. The van der Waals surface area contributed by atoms with E-state index >= 15 is 0 Å². The van der Waals surface area contributed by atoms with Crippen LogP contribution < -0.4 is 51.4 Å². The molecule has 0 aromatic carbocycles. The molecule has 1 N–H and O–H groups in total. The number of allylic oxidation sites excluding steroid dienone is 2. The molecule has 3 heteroatoms. The summed E-state index contributed by atoms with van der Waals surface area (Å²) in [5, 5.41) is 8.49. The number of hydrogen-bond donors (Lipinski definition) is 1. The molecule has 0 saturated heterocycles. The molecule has 0 amide bonds. The Kier molecular flexibility index (Phi) is 10.1. The van der Waals surface area contributed by atoms with E-state index in [9.17, 15) is 4.79 Å². The smallest absolute Gasteiger partial charge is 0.547 e. The number of carbonyl (C=O) groups is 1. The normalized spacial score (nSPS) is 11.8. The summed E-state index contributed by atoms with van der Waals surface area (Å²) in [6.07, 6.45) is 4.35. The van der Waals surface area contributed by atoms with Gasteiger partial charge in [0.15, 0.2) is 0 Å². The molecule has 0 aromatic rings. The first-order valence-electron chi connectivity index (χ1n) is 3.20. The van der Waals surface area contributed by atoms with Crippen LogP contribution in [0.25, 0.3) is 0 Å². The Morgan fingerprint density at radius 1 is 1.75 bits per heavy atom. The van der Waals surface area contributed by atoms with E-state index < -0.39 is 0 Å². The van der Waals surface area contributed by atoms with Crippen molar-refractivity contribution in [3.05, 3.63) is 37.8 Å². The maximum Gasteiger partial charge on any atom is 1.00 e. The van der Waals surface area contributed by atoms with Crippen molar-refractivity contribution in [2.45, 2.75) is 6.92 Å². The maximum atomic E-state index is 10.6. The van der Waals surface area contributed by atoms with Crippen molar-refractivity contribution in [2.75, 3.05) is 0 Å². The fraction of sp³-hybridized carbons (Fsp3) is 0.222. The third kappa shape index (κ3) is 8.55. The fourth-order valence-corrected chi connectivity index (χ4v) is 0.424. The Morgan fingerprint density at radius 2 is 2.25 bits per heavy atom. The summed E-state index contributed by atoms with van der Waals surface area (Å²) in [7, 11) is 0. The van der Waals surface area contributed by atoms with Gasteiger partial charge in [0.1, 0.15) is 0 Å². The van der Waals surface area contributed by atoms with E-state index in [0.717, 1.165) is 0 Å². The van der Waals surface area contributed by atoms with Crippen LogP contribution >= 0.6 is 0 Å². The van der Waals surface area contributed by atoms with Crippen molar-refractivity contribution in [3.8, 4) is 0 Å². The first-order valence-corrected chi connectivity index (χ1v) is 3.20. The van der Waals surface area contributed by atoms with Crippen LogP contribution in [0.15, 0.2) is 17.9 Å². The van der Waals surface area contributed by atoms with Gasteiger partial charge in [-0.3, -0.25) is 0 Å². The second-order valence-corrected chi connectivity index (χ2v) is 2.19. The van der Waals surface area contributed by atoms with E-state index in [1.165, 1.54) is 19.1 Å². The monoisotopic (exact) mass is 190 g/mol. The topological polar surface area (TPSA) is 37.3 Å². The third-order valence-electron chi connectivity index (χ3n) is 1.13. The van der Waals surface area contributed by atoms with Gasteiger partial charge in [-0.25, -0.2) is 19.1 Å². The number of hydrogen-bond acceptors (Lipinski definition) is 2. The summed E-state index contributed by atoms with van der Waals surface area (Å²) in [6, 6.07) is 0. The molecular weight excluding hydrogens is 179 g/mol. The van der Waals surface area contributed by atoms with Crippen molar-refractivity contribution < 1.29 is 61.3 Å². The summed E-state index contributed by atoms with van der Waals surface area (Å²) < 4.78 is 0. The molecule has 0 fully saturated rings. The van der Waals surface area contributed by atoms with Gasteiger partial charge in [-0.1, -0.05) is 5.76 Å². The number of rotatable bonds is 4. The summed E-state index contributed by atoms with van der Waals surface area (Å²) >= 11 is 0. The van der Waals surface area contributed by atoms with Crippen molar-refractivity contribution in [1.82, 2.24) is 0 Å². The van der Waals surface area contributed by atoms with E-state index in [2.05, 4.69) is 6.92 Å². The van der Waals surface area contributed by atoms with Gasteiger partial charge in [-0.05, 0) is 6.92 Å². The molecule has 0 radical (unpaired) electrons. The minimum atomic E-state index is -0.370. The van der Waals surface area contributed by atoms with Gasteiger partial charge in [0, 0.05) is 0 Å². The third-order valence-corrected chi connectivity index (χ3v) is 1.13. The van der Waals surface area contributed by atoms with Crippen LogP contribution in [0.4, 0.5) is 0 Å². The summed E-state index contributed by atoms with van der Waals surface area (Å²) in [6.45, 7) is 9.91. The zero-order chi connectivity index (χ0) is 8.85. The predicted molar refractivity (Wildman–Crippen MR) is 43.4 cm³/mol. The fourth-order valence-electron chi connectivity index (χ4n) is 0.424. The molecule has 62 valence electrons. The quantitative estimate of drug-likeness (QED) is 0.258. The molecule has 0 spiro atoms. The van der Waals surface area contributed by atoms with Gasteiger partial charge in [-0.2, -0.15) is 12.0 Å². The van der Waals surface area contributed by atoms with Gasteiger partial charge >= 0.3 is 51.4 Å². The number of ketones is 1. The van der Waals surface area contributed by atoms with Gasteiger partial charge in [0.2, 0.25) is 0 Å². The molecule has 12 heavy (non-hydrogen) atoms. The Bertz CT molecular complexity index is 185. The molecule has 0 bridgehead atoms. The average molecular weight is 190 g/mol. The standard InChI is InChI=1S/C9H11O2.K/c1-7(9(3)11)5-4-6-8(2)10;/h2,4-7,10H,1H2,3H3;/q-3;+1/b6-4-;. The molecule has 1 unspecified atom stereocenters. The Hall–Kier alpha value is 0.456. The SMILES string of the molecule is [CH-]=C(O)/C=C\[CH-]C([CH2-])C(C)=O.[K+]. The molecule has 0 aliphatic rings. The van der Waals surface area contributed by atoms with Crippen molar-refractivity contribution in [1.29, 1.82) is 0 Å². The average Bonchev–Trinajstić information content (AvgIpc) is 1.86. The molecule has 0 rings (SSSR count). The minimum absolute atomic E-state index is 0. The van der Waals surface area contributed by atoms with Crippen LogP contribution in [0.2, 0.25) is 0 Å². The van der Waals surface area contributed by atoms with Gasteiger partial charge in [0.25, 0.3) is 0 Å². The van der Waals surface area contributed by atoms with Crippen LogP contribution in [0.1, 0.15) is 6.92 Å². The summed E-state index contributed by atoms with van der Waals surface area (Å²) in [5.74, 6) is -0.672. The molecule has 0 heterocycles. The molecule has 0 aromatic heterocycles. The van der Waals surface area contributed by atoms with E-state index in [4.69, 9.17) is 11.7 Å². The molecular formula is C9H11KO2-2. The molecule has 0 aliphatic heterocycles. The second kappa shape index (κ2) is 8.07. The number of carbonyl (C=O) groups excluding carboxylic acids is 1. The first-order chi connectivity index (χ1) is 5.04. The molecule has 1 atom stereocenters. The van der Waals surface area contributed by atoms with Gasteiger partial charge in [-0.15, -0.1) is 0 Å². The Morgan fingerprint density at radius 3 is 2.58 bits per heavy atom. The zero-order valence-corrected chi connectivity index (χ0v) is 10.6. The number of Topliss-reactive ketones (excluding diaryl/α,β-unsaturated/α-hetero) is 1. The van der Waals surface area contributed by atoms with Crippen LogP contribution in [0.5, 0.6) is 0 Å². The van der Waals surface area contributed by atoms with Crippen LogP contribution in [-0.2, 0) is 4.79 Å². The number of aliphatic hydroxyl groups excluding tert-OH is 1. The van der Waals surface area contributed by atoms with Crippen molar-refractivity contribution >= 4 is 5.78 Å². The molecule has 0 saturated carbocycles. The van der Waals surface area contributed by atoms with Crippen LogP contribution in [-0.4, -0.2) is 10.9 Å². The largest absolute Gasteiger partial charge is 1.00 e. The van der Waals surface area contributed by atoms with Crippen LogP contribution in [0.3, 0.4) is 0 Å². The zero-order valence-electron chi connectivity index (χ0n) is 7.45. The molecule has 2 nitrogen and oxygen atoms in total. The molecule has 0 aliphatic carbocycles. The number of aliphatic hydroxyl groups is 1. The van der Waals surface area contributed by atoms with Crippen LogP contribution in [0, 0.1) is 25.8 Å². The predicted octanol–water partition coefficient (Wildman–Crippen LogP) is -1.33. The van der Waals surface area contributed by atoms with E-state index in [1.54, 1.807) is 6.42 Å². The van der Waals surface area contributed by atoms with Crippen molar-refractivity contribution in [2.24, 2.45) is 5.92 Å². The van der Waals surface area contributed by atoms with E-state index in [0.29, 0.717) is 0 Å². The first kappa shape index (κ1) is 15.0.